The molecule has 70 heavy (non-hydrogen) atoms. The van der Waals surface area contributed by atoms with Gasteiger partial charge in [-0.05, 0) is 134 Å². The maximum atomic E-state index is 12.4. The summed E-state index contributed by atoms with van der Waals surface area (Å²) in [4.78, 5) is 47.0. The van der Waals surface area contributed by atoms with Crippen molar-refractivity contribution in [2.75, 3.05) is 61.0 Å². The van der Waals surface area contributed by atoms with E-state index in [2.05, 4.69) is 60.2 Å². The Hall–Kier alpha value is -4.96. The second kappa shape index (κ2) is 60.2. The number of terminal acetylenes is 4. The summed E-state index contributed by atoms with van der Waals surface area (Å²) in [5, 5.41) is 10.3. The van der Waals surface area contributed by atoms with Gasteiger partial charge in [-0.3, -0.25) is 19.2 Å². The average Bonchev–Trinajstić information content (AvgIpc) is 3.15. The van der Waals surface area contributed by atoms with Crippen LogP contribution in [0, 0.1) is 83.9 Å². The fourth-order valence-electron chi connectivity index (χ4n) is 4.66. The van der Waals surface area contributed by atoms with Crippen molar-refractivity contribution in [3.63, 3.8) is 0 Å². The second-order valence-electron chi connectivity index (χ2n) is 14.4. The Balaban J connectivity index is -0.0000000420. The zero-order chi connectivity index (χ0) is 50.9. The topological polar surface area (TPSA) is 162 Å². The van der Waals surface area contributed by atoms with Crippen molar-refractivity contribution in [2.24, 2.45) is 10.8 Å². The third-order valence-electron chi connectivity index (χ3n) is 8.77. The number of carbonyl (C=O) groups is 4. The van der Waals surface area contributed by atoms with E-state index in [0.717, 1.165) is 0 Å². The van der Waals surface area contributed by atoms with Gasteiger partial charge in [0.25, 0.3) is 0 Å². The third kappa shape index (κ3) is 46.8. The molecule has 2 atom stereocenters. The van der Waals surface area contributed by atoms with Gasteiger partial charge in [-0.25, -0.2) is 0 Å². The summed E-state index contributed by atoms with van der Waals surface area (Å²) in [6, 6.07) is 0. The number of rotatable bonds is 17. The highest BCUT2D eigenvalue weighted by molar-refractivity contribution is 5.81. The third-order valence-corrected chi connectivity index (χ3v) is 8.77. The zero-order valence-electron chi connectivity index (χ0n) is 41.9. The van der Waals surface area contributed by atoms with Crippen LogP contribution in [0.15, 0.2) is 0 Å². The van der Waals surface area contributed by atoms with Crippen LogP contribution in [0.25, 0.3) is 0 Å². The normalized spacial score (nSPS) is 10.3. The Kier molecular flexibility index (Phi) is 91.6. The predicted molar refractivity (Wildman–Crippen MR) is 301 cm³/mol. The highest BCUT2D eigenvalue weighted by Gasteiger charge is 2.61. The van der Waals surface area contributed by atoms with Crippen LogP contribution in [0.1, 0.15) is 184 Å². The van der Waals surface area contributed by atoms with Gasteiger partial charge in [0.2, 0.25) is 0 Å². The largest absolute Gasteiger partial charge is 0.465 e. The first-order valence-electron chi connectivity index (χ1n) is 19.5. The van der Waals surface area contributed by atoms with Crippen LogP contribution < -0.4 is 0 Å². The molecule has 13 heteroatoms. The van der Waals surface area contributed by atoms with E-state index in [1.807, 2.05) is 0 Å². The Bertz CT molecular complexity index is 1490. The molecule has 0 fully saturated rings. The van der Waals surface area contributed by atoms with Crippen molar-refractivity contribution >= 4 is 23.9 Å². The van der Waals surface area contributed by atoms with Crippen LogP contribution in [0.2, 0.25) is 0 Å². The molecule has 13 nitrogen and oxygen atoms in total. The predicted octanol–water partition coefficient (Wildman–Crippen LogP) is 11.9. The Morgan fingerprint density at radius 3 is 0.914 bits per heavy atom. The molecule has 0 spiro atoms. The molecule has 2 unspecified atom stereocenters. The summed E-state index contributed by atoms with van der Waals surface area (Å²) in [6.07, 6.45) is 18.6. The Labute approximate surface area is 436 Å². The lowest BCUT2D eigenvalue weighted by atomic mass is 9.64. The van der Waals surface area contributed by atoms with Crippen molar-refractivity contribution in [2.45, 2.75) is 206 Å². The van der Waals surface area contributed by atoms with E-state index in [4.69, 9.17) is 50.7 Å². The molecule has 0 heterocycles. The summed E-state index contributed by atoms with van der Waals surface area (Å²) in [5.41, 5.74) is -7.04. The van der Waals surface area contributed by atoms with Gasteiger partial charge in [0.15, 0.2) is 0 Å². The average molecular weight is 1010 g/mol. The van der Waals surface area contributed by atoms with Gasteiger partial charge in [-0.2, -0.15) is 0 Å². The molecule has 0 aromatic rings. The molecule has 0 aliphatic heterocycles. The minimum Gasteiger partial charge on any atom is -0.465 e. The first-order valence-corrected chi connectivity index (χ1v) is 19.5. The van der Waals surface area contributed by atoms with Crippen molar-refractivity contribution in [1.82, 2.24) is 0 Å². The molecule has 0 aromatic carbocycles. The number of carbonyl (C=O) groups excluding carboxylic acids is 4. The van der Waals surface area contributed by atoms with E-state index in [1.165, 1.54) is 41.7 Å². The first-order chi connectivity index (χ1) is 28.4. The number of methoxy groups -OCH3 is 3. The summed E-state index contributed by atoms with van der Waals surface area (Å²) in [7, 11) is 4.82. The van der Waals surface area contributed by atoms with Crippen molar-refractivity contribution in [3.8, 4) is 73.1 Å². The molecule has 0 aliphatic carbocycles. The lowest BCUT2D eigenvalue weighted by molar-refractivity contribution is -0.216. The van der Waals surface area contributed by atoms with E-state index in [1.54, 1.807) is 104 Å². The Morgan fingerprint density at radius 1 is 0.486 bits per heavy atom. The van der Waals surface area contributed by atoms with E-state index < -0.39 is 57.1 Å². The summed E-state index contributed by atoms with van der Waals surface area (Å²) < 4.78 is 40.7. The molecule has 418 valence electrons. The van der Waals surface area contributed by atoms with E-state index in [9.17, 15) is 24.3 Å². The smallest absolute Gasteiger partial charge is 0.318 e. The monoisotopic (exact) mass is 1000 g/mol. The number of hydrogen-bond acceptors (Lipinski definition) is 13. The van der Waals surface area contributed by atoms with Gasteiger partial charge in [0.05, 0.1) is 50.8 Å². The highest BCUT2D eigenvalue weighted by atomic mass is 16.6. The minimum atomic E-state index is -1.40. The number of hydrogen-bond donors (Lipinski definition) is 1. The molecule has 0 bridgehead atoms. The fourth-order valence-corrected chi connectivity index (χ4v) is 4.66. The number of aliphatic hydroxyl groups is 1. The summed E-state index contributed by atoms with van der Waals surface area (Å²) >= 11 is 0. The lowest BCUT2D eigenvalue weighted by Crippen LogP contribution is -2.62. The van der Waals surface area contributed by atoms with Crippen molar-refractivity contribution < 1.29 is 62.2 Å². The van der Waals surface area contributed by atoms with Gasteiger partial charge >= 0.3 is 23.9 Å². The molecule has 1 N–H and O–H groups in total. The maximum Gasteiger partial charge on any atom is 0.318 e. The lowest BCUT2D eigenvalue weighted by Gasteiger charge is -2.49. The van der Waals surface area contributed by atoms with Gasteiger partial charge < -0.3 is 43.0 Å². The highest BCUT2D eigenvalue weighted by Crippen LogP contribution is 2.47. The first kappa shape index (κ1) is 107. The van der Waals surface area contributed by atoms with E-state index in [-0.39, 0.29) is 72.6 Å². The molecule has 0 radical (unpaired) electrons. The van der Waals surface area contributed by atoms with Gasteiger partial charge in [0, 0.05) is 35.2 Å². The minimum absolute atomic E-state index is 0. The Morgan fingerprint density at radius 2 is 0.743 bits per heavy atom. The van der Waals surface area contributed by atoms with Crippen molar-refractivity contribution in [3.05, 3.63) is 0 Å². The van der Waals surface area contributed by atoms with Crippen LogP contribution >= 0.6 is 0 Å². The molecular weight excluding hydrogens is 893 g/mol. The standard InChI is InChI=1S/C14H26O5.C13H24O5.C6H14O3.2C5H4.2C3H4.8CH4/c1-9-18-11(16)14(7,12(3,4)17-8)13(5,6)19-10(2)15;1-8-17-10(15)13(7,11(3,4)16)12(5,6)18-9(2)14;1-7-3-5-9-6-4-8-2;2*1-3-5-4-2;2*1-3-2;;;;;;;;/h9H2,1-8H3;16H,8H2,1-7H3;3-6H2,1-2H3;2*1H,2H3;2*1H,2H3;8*1H4. The molecular formula is C57H112O13. The SMILES string of the molecule is C.C.C.C.C.C.C.C.C#CC.C#CC.C#CC#CC.C#CC#CC.CCOC(=O)C(C)(C(C)(C)O)C(C)(C)OC(C)=O.CCOC(=O)C(C)(C(C)(C)OC)C(C)(C)OC(C)=O.COCCOCCOC. The quantitative estimate of drug-likeness (QED) is 0.0635. The molecule has 0 saturated heterocycles. The molecule has 0 saturated carbocycles. The second-order valence-corrected chi connectivity index (χ2v) is 14.4. The fraction of sp³-hybridized carbons (Fsp3) is 0.719. The molecule has 0 aromatic heterocycles. The van der Waals surface area contributed by atoms with Crippen LogP contribution in [-0.4, -0.2) is 112 Å². The summed E-state index contributed by atoms with van der Waals surface area (Å²) in [5.74, 6) is 16.6. The number of esters is 4. The van der Waals surface area contributed by atoms with Gasteiger partial charge in [-0.15, -0.1) is 37.5 Å². The van der Waals surface area contributed by atoms with E-state index >= 15 is 0 Å². The van der Waals surface area contributed by atoms with Crippen LogP contribution in [0.4, 0.5) is 0 Å². The summed E-state index contributed by atoms with van der Waals surface area (Å²) in [6.45, 7) is 32.1. The number of ether oxygens (including phenoxy) is 8. The van der Waals surface area contributed by atoms with E-state index in [0.29, 0.717) is 26.4 Å². The van der Waals surface area contributed by atoms with Crippen LogP contribution in [0.5, 0.6) is 0 Å². The van der Waals surface area contributed by atoms with Crippen LogP contribution in [0.3, 0.4) is 0 Å². The van der Waals surface area contributed by atoms with Crippen LogP contribution in [-0.2, 0) is 57.1 Å². The zero-order valence-corrected chi connectivity index (χ0v) is 41.9. The molecule has 0 aliphatic rings. The molecule has 0 rings (SSSR count). The van der Waals surface area contributed by atoms with Gasteiger partial charge in [-0.1, -0.05) is 71.3 Å². The van der Waals surface area contributed by atoms with Crippen molar-refractivity contribution in [1.29, 1.82) is 0 Å². The van der Waals surface area contributed by atoms with Gasteiger partial charge in [0.1, 0.15) is 22.0 Å². The molecule has 0 amide bonds. The maximum absolute atomic E-state index is 12.4.